The Hall–Kier alpha value is -1.10. The average molecular weight is 216 g/mol. The Balaban J connectivity index is 2.28. The highest BCUT2D eigenvalue weighted by atomic mass is 16.6. The maximum absolute atomic E-state index is 11.5. The standard InChI is InChI=1S/C10H16O5/c11-8-14-6-7-15-9(12)10(13)4-2-1-3-5-10/h8,13H,1-7H2. The first kappa shape index (κ1) is 12.0. The first-order valence-corrected chi connectivity index (χ1v) is 5.14. The van der Waals surface area contributed by atoms with Gasteiger partial charge >= 0.3 is 5.97 Å². The number of hydrogen-bond acceptors (Lipinski definition) is 5. The van der Waals surface area contributed by atoms with Crippen molar-refractivity contribution < 1.29 is 24.2 Å². The Bertz CT molecular complexity index is 220. The van der Waals surface area contributed by atoms with Crippen molar-refractivity contribution in [1.29, 1.82) is 0 Å². The SMILES string of the molecule is O=COCCOC(=O)C1(O)CCCCC1. The topological polar surface area (TPSA) is 72.8 Å². The molecule has 0 aromatic heterocycles. The molecule has 1 rings (SSSR count). The molecular weight excluding hydrogens is 200 g/mol. The van der Waals surface area contributed by atoms with Crippen molar-refractivity contribution in [3.05, 3.63) is 0 Å². The number of ether oxygens (including phenoxy) is 2. The van der Waals surface area contributed by atoms with Crippen LogP contribution in [0.5, 0.6) is 0 Å². The minimum Gasteiger partial charge on any atom is -0.464 e. The number of rotatable bonds is 5. The lowest BCUT2D eigenvalue weighted by atomic mass is 9.85. The lowest BCUT2D eigenvalue weighted by Crippen LogP contribution is -2.42. The quantitative estimate of drug-likeness (QED) is 0.409. The van der Waals surface area contributed by atoms with Crippen LogP contribution in [0.2, 0.25) is 0 Å². The zero-order valence-electron chi connectivity index (χ0n) is 8.61. The van der Waals surface area contributed by atoms with Crippen molar-refractivity contribution in [2.45, 2.75) is 37.7 Å². The summed E-state index contributed by atoms with van der Waals surface area (Å²) in [6.45, 7) is 0.328. The van der Waals surface area contributed by atoms with Crippen LogP contribution in [0, 0.1) is 0 Å². The highest BCUT2D eigenvalue weighted by Gasteiger charge is 2.38. The molecule has 1 N–H and O–H groups in total. The number of carbonyl (C=O) groups is 2. The molecule has 0 heterocycles. The van der Waals surface area contributed by atoms with Gasteiger partial charge in [0.1, 0.15) is 13.2 Å². The smallest absolute Gasteiger partial charge is 0.338 e. The van der Waals surface area contributed by atoms with Gasteiger partial charge < -0.3 is 14.6 Å². The predicted molar refractivity (Wildman–Crippen MR) is 51.0 cm³/mol. The Morgan fingerprint density at radius 1 is 1.27 bits per heavy atom. The number of hydrogen-bond donors (Lipinski definition) is 1. The molecule has 0 aromatic rings. The lowest BCUT2D eigenvalue weighted by molar-refractivity contribution is -0.170. The average Bonchev–Trinajstić information content (AvgIpc) is 2.25. The second-order valence-corrected chi connectivity index (χ2v) is 3.70. The summed E-state index contributed by atoms with van der Waals surface area (Å²) >= 11 is 0. The fourth-order valence-corrected chi connectivity index (χ4v) is 1.71. The van der Waals surface area contributed by atoms with Gasteiger partial charge in [0.15, 0.2) is 5.60 Å². The van der Waals surface area contributed by atoms with Crippen LogP contribution in [-0.2, 0) is 19.1 Å². The second-order valence-electron chi connectivity index (χ2n) is 3.70. The zero-order chi connectivity index (χ0) is 11.1. The third-order valence-corrected chi connectivity index (χ3v) is 2.56. The van der Waals surface area contributed by atoms with Gasteiger partial charge in [-0.3, -0.25) is 4.79 Å². The van der Waals surface area contributed by atoms with E-state index < -0.39 is 11.6 Å². The molecule has 5 nitrogen and oxygen atoms in total. The molecule has 1 fully saturated rings. The van der Waals surface area contributed by atoms with Crippen LogP contribution in [-0.4, -0.2) is 36.4 Å². The summed E-state index contributed by atoms with van der Waals surface area (Å²) in [7, 11) is 0. The third kappa shape index (κ3) is 3.51. The van der Waals surface area contributed by atoms with Gasteiger partial charge in [-0.25, -0.2) is 4.79 Å². The summed E-state index contributed by atoms with van der Waals surface area (Å²) in [5, 5.41) is 9.91. The molecule has 1 aliphatic carbocycles. The maximum Gasteiger partial charge on any atom is 0.338 e. The lowest BCUT2D eigenvalue weighted by Gasteiger charge is -2.29. The summed E-state index contributed by atoms with van der Waals surface area (Å²) in [5.41, 5.74) is -1.32. The van der Waals surface area contributed by atoms with E-state index in [1.165, 1.54) is 0 Å². The van der Waals surface area contributed by atoms with E-state index in [1.54, 1.807) is 0 Å². The van der Waals surface area contributed by atoms with Gasteiger partial charge in [-0.1, -0.05) is 6.42 Å². The van der Waals surface area contributed by atoms with E-state index >= 15 is 0 Å². The Kier molecular flexibility index (Phi) is 4.55. The van der Waals surface area contributed by atoms with Crippen LogP contribution >= 0.6 is 0 Å². The predicted octanol–water partition coefficient (Wildman–Crippen LogP) is 0.398. The van der Waals surface area contributed by atoms with Crippen molar-refractivity contribution in [3.63, 3.8) is 0 Å². The Labute approximate surface area is 88.4 Å². The normalized spacial score (nSPS) is 19.3. The molecule has 5 heteroatoms. The minimum atomic E-state index is -1.32. The van der Waals surface area contributed by atoms with E-state index in [-0.39, 0.29) is 13.2 Å². The zero-order valence-corrected chi connectivity index (χ0v) is 8.61. The molecular formula is C10H16O5. The molecule has 1 saturated carbocycles. The van der Waals surface area contributed by atoms with Crippen molar-refractivity contribution >= 4 is 12.4 Å². The van der Waals surface area contributed by atoms with Crippen LogP contribution in [0.25, 0.3) is 0 Å². The number of carbonyl (C=O) groups excluding carboxylic acids is 2. The van der Waals surface area contributed by atoms with Gasteiger partial charge in [-0.15, -0.1) is 0 Å². The first-order chi connectivity index (χ1) is 7.19. The molecule has 0 radical (unpaired) electrons. The number of esters is 1. The highest BCUT2D eigenvalue weighted by Crippen LogP contribution is 2.28. The molecule has 0 spiro atoms. The minimum absolute atomic E-state index is 0.000116. The van der Waals surface area contributed by atoms with Crippen LogP contribution in [0.4, 0.5) is 0 Å². The second kappa shape index (κ2) is 5.70. The van der Waals surface area contributed by atoms with Crippen LogP contribution < -0.4 is 0 Å². The highest BCUT2D eigenvalue weighted by molar-refractivity contribution is 5.79. The summed E-state index contributed by atoms with van der Waals surface area (Å²) in [6, 6.07) is 0. The fourth-order valence-electron chi connectivity index (χ4n) is 1.71. The maximum atomic E-state index is 11.5. The summed E-state index contributed by atoms with van der Waals surface area (Å²) in [6.07, 6.45) is 3.65. The molecule has 0 atom stereocenters. The largest absolute Gasteiger partial charge is 0.464 e. The van der Waals surface area contributed by atoms with E-state index in [0.29, 0.717) is 19.3 Å². The molecule has 0 aromatic carbocycles. The first-order valence-electron chi connectivity index (χ1n) is 5.14. The summed E-state index contributed by atoms with van der Waals surface area (Å²) < 4.78 is 9.18. The van der Waals surface area contributed by atoms with Gasteiger partial charge in [0, 0.05) is 0 Å². The molecule has 0 amide bonds. The van der Waals surface area contributed by atoms with Crippen LogP contribution in [0.15, 0.2) is 0 Å². The Morgan fingerprint density at radius 3 is 2.53 bits per heavy atom. The monoisotopic (exact) mass is 216 g/mol. The summed E-state index contributed by atoms with van der Waals surface area (Å²) in [5.74, 6) is -0.600. The number of aliphatic hydroxyl groups is 1. The molecule has 1 aliphatic rings. The van der Waals surface area contributed by atoms with Gasteiger partial charge in [0.2, 0.25) is 0 Å². The van der Waals surface area contributed by atoms with Crippen LogP contribution in [0.3, 0.4) is 0 Å². The van der Waals surface area contributed by atoms with E-state index in [9.17, 15) is 14.7 Å². The van der Waals surface area contributed by atoms with E-state index in [0.717, 1.165) is 19.3 Å². The third-order valence-electron chi connectivity index (χ3n) is 2.56. The molecule has 0 saturated heterocycles. The molecule has 0 unspecified atom stereocenters. The fraction of sp³-hybridized carbons (Fsp3) is 0.800. The molecule has 0 aliphatic heterocycles. The molecule has 15 heavy (non-hydrogen) atoms. The van der Waals surface area contributed by atoms with Crippen molar-refractivity contribution in [3.8, 4) is 0 Å². The van der Waals surface area contributed by atoms with Crippen molar-refractivity contribution in [2.24, 2.45) is 0 Å². The van der Waals surface area contributed by atoms with E-state index in [2.05, 4.69) is 4.74 Å². The van der Waals surface area contributed by atoms with Gasteiger partial charge in [0.05, 0.1) is 0 Å². The van der Waals surface area contributed by atoms with E-state index in [1.807, 2.05) is 0 Å². The Morgan fingerprint density at radius 2 is 1.93 bits per heavy atom. The van der Waals surface area contributed by atoms with Crippen LogP contribution in [0.1, 0.15) is 32.1 Å². The van der Waals surface area contributed by atoms with Crippen molar-refractivity contribution in [1.82, 2.24) is 0 Å². The van der Waals surface area contributed by atoms with Gasteiger partial charge in [-0.05, 0) is 25.7 Å². The molecule has 0 bridgehead atoms. The van der Waals surface area contributed by atoms with Gasteiger partial charge in [0.25, 0.3) is 6.47 Å². The molecule has 86 valence electrons. The summed E-state index contributed by atoms with van der Waals surface area (Å²) in [4.78, 5) is 21.3. The van der Waals surface area contributed by atoms with E-state index in [4.69, 9.17) is 4.74 Å². The van der Waals surface area contributed by atoms with Crippen molar-refractivity contribution in [2.75, 3.05) is 13.2 Å². The van der Waals surface area contributed by atoms with Gasteiger partial charge in [-0.2, -0.15) is 0 Å².